The van der Waals surface area contributed by atoms with Crippen molar-refractivity contribution in [2.75, 3.05) is 6.61 Å². The number of hydrogen-bond donors (Lipinski definition) is 1. The molecule has 7 nitrogen and oxygen atoms in total. The van der Waals surface area contributed by atoms with Crippen LogP contribution in [-0.2, 0) is 23.8 Å². The SMILES string of the molecule is C=CCC(OC(=O)[C@H]1C[C@@H](C[C@H](C)O)C(=O)C(C)(C)[C@H]1OC1CCCCO1)/C(C)=C/c1csc(C)n1. The lowest BCUT2D eigenvalue weighted by Gasteiger charge is -2.46. The number of aliphatic hydroxyl groups excluding tert-OH is 1. The number of hydrogen-bond acceptors (Lipinski definition) is 8. The van der Waals surface area contributed by atoms with E-state index in [0.717, 1.165) is 35.5 Å². The molecule has 1 aliphatic heterocycles. The number of aryl methyl sites for hydroxylation is 1. The van der Waals surface area contributed by atoms with Crippen LogP contribution in [0.2, 0.25) is 0 Å². The second kappa shape index (κ2) is 12.6. The predicted molar refractivity (Wildman–Crippen MR) is 140 cm³/mol. The van der Waals surface area contributed by atoms with Gasteiger partial charge in [-0.3, -0.25) is 9.59 Å². The van der Waals surface area contributed by atoms with Gasteiger partial charge in [-0.1, -0.05) is 19.9 Å². The number of thiazole rings is 1. The van der Waals surface area contributed by atoms with Gasteiger partial charge in [0.2, 0.25) is 0 Å². The van der Waals surface area contributed by atoms with Crippen molar-refractivity contribution in [1.29, 1.82) is 0 Å². The number of ether oxygens (including phenoxy) is 3. The van der Waals surface area contributed by atoms with Crippen molar-refractivity contribution in [2.45, 2.75) is 97.7 Å². The molecule has 1 saturated carbocycles. The lowest BCUT2D eigenvalue weighted by molar-refractivity contribution is -0.231. The lowest BCUT2D eigenvalue weighted by Crippen LogP contribution is -2.56. The number of aliphatic hydroxyl groups is 1. The molecule has 0 radical (unpaired) electrons. The van der Waals surface area contributed by atoms with Crippen LogP contribution in [0.4, 0.5) is 0 Å². The van der Waals surface area contributed by atoms with Gasteiger partial charge in [0, 0.05) is 24.3 Å². The Balaban J connectivity index is 1.86. The highest BCUT2D eigenvalue weighted by molar-refractivity contribution is 7.09. The highest BCUT2D eigenvalue weighted by atomic mass is 32.1. The van der Waals surface area contributed by atoms with Crippen molar-refractivity contribution in [1.82, 2.24) is 4.98 Å². The van der Waals surface area contributed by atoms with Crippen molar-refractivity contribution in [3.63, 3.8) is 0 Å². The first-order chi connectivity index (χ1) is 17.0. The van der Waals surface area contributed by atoms with E-state index in [1.54, 1.807) is 24.3 Å². The van der Waals surface area contributed by atoms with Gasteiger partial charge >= 0.3 is 5.97 Å². The molecule has 6 atom stereocenters. The van der Waals surface area contributed by atoms with E-state index in [1.165, 1.54) is 0 Å². The molecule has 0 amide bonds. The van der Waals surface area contributed by atoms with Crippen LogP contribution in [-0.4, -0.2) is 53.1 Å². The zero-order valence-corrected chi connectivity index (χ0v) is 23.0. The topological polar surface area (TPSA) is 95.0 Å². The summed E-state index contributed by atoms with van der Waals surface area (Å²) in [4.78, 5) is 31.6. The molecule has 0 bridgehead atoms. The average molecular weight is 520 g/mol. The average Bonchev–Trinajstić information content (AvgIpc) is 3.23. The van der Waals surface area contributed by atoms with Crippen LogP contribution >= 0.6 is 11.3 Å². The molecular weight excluding hydrogens is 478 g/mol. The highest BCUT2D eigenvalue weighted by Crippen LogP contribution is 2.44. The van der Waals surface area contributed by atoms with E-state index in [0.29, 0.717) is 19.4 Å². The molecule has 2 aliphatic rings. The third-order valence-electron chi connectivity index (χ3n) is 7.15. The molecule has 3 rings (SSSR count). The minimum absolute atomic E-state index is 0.00544. The maximum Gasteiger partial charge on any atom is 0.312 e. The number of aromatic nitrogens is 1. The van der Waals surface area contributed by atoms with E-state index in [1.807, 2.05) is 39.2 Å². The Bertz CT molecular complexity index is 946. The monoisotopic (exact) mass is 519 g/mol. The molecule has 1 aromatic rings. The summed E-state index contributed by atoms with van der Waals surface area (Å²) in [5.41, 5.74) is 0.768. The smallest absolute Gasteiger partial charge is 0.312 e. The largest absolute Gasteiger partial charge is 0.457 e. The number of ketones is 1. The van der Waals surface area contributed by atoms with Crippen LogP contribution in [0.5, 0.6) is 0 Å². The summed E-state index contributed by atoms with van der Waals surface area (Å²) in [6.45, 7) is 13.6. The fourth-order valence-corrected chi connectivity index (χ4v) is 5.84. The van der Waals surface area contributed by atoms with Gasteiger partial charge in [0.25, 0.3) is 0 Å². The van der Waals surface area contributed by atoms with Crippen LogP contribution in [0.25, 0.3) is 6.08 Å². The van der Waals surface area contributed by atoms with Crippen molar-refractivity contribution < 1.29 is 28.9 Å². The van der Waals surface area contributed by atoms with Crippen molar-refractivity contribution in [3.8, 4) is 0 Å². The zero-order chi connectivity index (χ0) is 26.5. The summed E-state index contributed by atoms with van der Waals surface area (Å²) in [7, 11) is 0. The minimum atomic E-state index is -0.931. The van der Waals surface area contributed by atoms with E-state index in [-0.39, 0.29) is 12.2 Å². The molecule has 8 heteroatoms. The quantitative estimate of drug-likeness (QED) is 0.333. The number of rotatable bonds is 10. The molecule has 36 heavy (non-hydrogen) atoms. The van der Waals surface area contributed by atoms with Gasteiger partial charge in [0.15, 0.2) is 6.29 Å². The first-order valence-electron chi connectivity index (χ1n) is 12.9. The van der Waals surface area contributed by atoms with Gasteiger partial charge in [0.05, 0.1) is 34.2 Å². The fourth-order valence-electron chi connectivity index (χ4n) is 5.27. The third kappa shape index (κ3) is 7.12. The minimum Gasteiger partial charge on any atom is -0.457 e. The second-order valence-electron chi connectivity index (χ2n) is 10.7. The molecule has 200 valence electrons. The molecule has 2 unspecified atom stereocenters. The first-order valence-corrected chi connectivity index (χ1v) is 13.8. The Kier molecular flexibility index (Phi) is 10.0. The lowest BCUT2D eigenvalue weighted by atomic mass is 9.63. The Morgan fingerprint density at radius 1 is 1.42 bits per heavy atom. The molecule has 1 aromatic heterocycles. The summed E-state index contributed by atoms with van der Waals surface area (Å²) in [5.74, 6) is -1.50. The number of nitrogens with zero attached hydrogens (tertiary/aromatic N) is 1. The van der Waals surface area contributed by atoms with Gasteiger partial charge in [-0.25, -0.2) is 4.98 Å². The molecule has 2 heterocycles. The Hall–Kier alpha value is -1.87. The second-order valence-corrected chi connectivity index (χ2v) is 11.8. The van der Waals surface area contributed by atoms with Crippen molar-refractivity contribution in [2.24, 2.45) is 17.3 Å². The van der Waals surface area contributed by atoms with E-state index in [9.17, 15) is 14.7 Å². The highest BCUT2D eigenvalue weighted by Gasteiger charge is 2.54. The van der Waals surface area contributed by atoms with Gasteiger partial charge < -0.3 is 19.3 Å². The summed E-state index contributed by atoms with van der Waals surface area (Å²) in [6, 6.07) is 0. The Morgan fingerprint density at radius 2 is 2.17 bits per heavy atom. The van der Waals surface area contributed by atoms with Crippen LogP contribution in [0.1, 0.15) is 76.9 Å². The van der Waals surface area contributed by atoms with Crippen molar-refractivity contribution in [3.05, 3.63) is 34.3 Å². The number of carbonyl (C=O) groups is 2. The first kappa shape index (κ1) is 28.7. The number of esters is 1. The van der Waals surface area contributed by atoms with Crippen LogP contribution in [0, 0.1) is 24.2 Å². The molecular formula is C28H41NO6S. The molecule has 1 N–H and O–H groups in total. The van der Waals surface area contributed by atoms with Crippen LogP contribution < -0.4 is 0 Å². The van der Waals surface area contributed by atoms with E-state index >= 15 is 0 Å². The third-order valence-corrected chi connectivity index (χ3v) is 7.94. The maximum absolute atomic E-state index is 13.7. The Labute approximate surface area is 218 Å². The van der Waals surface area contributed by atoms with Crippen LogP contribution in [0.3, 0.4) is 0 Å². The Morgan fingerprint density at radius 3 is 2.75 bits per heavy atom. The number of carbonyl (C=O) groups excluding carboxylic acids is 2. The van der Waals surface area contributed by atoms with E-state index in [2.05, 4.69) is 11.6 Å². The molecule has 0 spiro atoms. The van der Waals surface area contributed by atoms with E-state index in [4.69, 9.17) is 14.2 Å². The normalized spacial score (nSPS) is 28.4. The summed E-state index contributed by atoms with van der Waals surface area (Å²) in [6.07, 6.45) is 5.11. The van der Waals surface area contributed by atoms with Gasteiger partial charge in [-0.15, -0.1) is 17.9 Å². The van der Waals surface area contributed by atoms with E-state index < -0.39 is 47.8 Å². The van der Waals surface area contributed by atoms with Crippen molar-refractivity contribution >= 4 is 29.2 Å². The maximum atomic E-state index is 13.7. The summed E-state index contributed by atoms with van der Waals surface area (Å²) < 4.78 is 18.2. The molecule has 0 aromatic carbocycles. The van der Waals surface area contributed by atoms with Gasteiger partial charge in [-0.2, -0.15) is 0 Å². The van der Waals surface area contributed by atoms with Gasteiger partial charge in [-0.05, 0) is 64.5 Å². The molecule has 1 saturated heterocycles. The molecule has 1 aliphatic carbocycles. The fraction of sp³-hybridized carbons (Fsp3) is 0.679. The molecule has 2 fully saturated rings. The van der Waals surface area contributed by atoms with Crippen LogP contribution in [0.15, 0.2) is 23.6 Å². The summed E-state index contributed by atoms with van der Waals surface area (Å²) in [5, 5.41) is 13.0. The standard InChI is InChI=1S/C28H41NO6S/c1-7-10-23(17(2)13-21-16-36-19(4)29-21)34-27(32)22-15-20(14-18(3)30)25(31)28(5,6)26(22)35-24-11-8-9-12-33-24/h7,13,16,18,20,22-24,26,30H,1,8-12,14-15H2,2-6H3/b17-13+/t18-,20+,22-,23?,24?,26-/m0/s1. The zero-order valence-electron chi connectivity index (χ0n) is 22.2. The predicted octanol–water partition coefficient (Wildman–Crippen LogP) is 5.26. The van der Waals surface area contributed by atoms with Gasteiger partial charge in [0.1, 0.15) is 11.9 Å². The number of Topliss-reactive ketones (excluding diaryl/α,β-unsaturated/α-hetero) is 1. The summed E-state index contributed by atoms with van der Waals surface area (Å²) >= 11 is 1.57.